The first-order valence-electron chi connectivity index (χ1n) is 10.3. The molecule has 4 amide bonds. The van der Waals surface area contributed by atoms with Gasteiger partial charge in [-0.25, -0.2) is 9.59 Å². The molecule has 1 saturated heterocycles. The average Bonchev–Trinajstić information content (AvgIpc) is 3.17. The van der Waals surface area contributed by atoms with E-state index in [1.165, 1.54) is 6.92 Å². The molecule has 1 aliphatic heterocycles. The zero-order valence-corrected chi connectivity index (χ0v) is 17.9. The molecule has 8 nitrogen and oxygen atoms in total. The molecule has 8 heteroatoms. The number of hydrogen-bond donors (Lipinski definition) is 2. The van der Waals surface area contributed by atoms with Crippen molar-refractivity contribution in [2.45, 2.75) is 39.3 Å². The number of amides is 4. The van der Waals surface area contributed by atoms with E-state index < -0.39 is 30.1 Å². The van der Waals surface area contributed by atoms with E-state index in [9.17, 15) is 19.2 Å². The monoisotopic (exact) mass is 425 g/mol. The molecule has 0 aromatic heterocycles. The quantitative estimate of drug-likeness (QED) is 0.661. The molecule has 3 rings (SSSR count). The van der Waals surface area contributed by atoms with Crippen LogP contribution in [0, 0.1) is 5.92 Å². The lowest BCUT2D eigenvalue weighted by Gasteiger charge is -2.24. The molecule has 1 fully saturated rings. The Bertz CT molecular complexity index is 998. The van der Waals surface area contributed by atoms with Gasteiger partial charge in [-0.05, 0) is 29.2 Å². The molecule has 2 N–H and O–H groups in total. The SMILES string of the molecule is CC(C)[C@H](NC(=O)Cc1cccc2ccccc12)C(=O)O[C@@H](C)C(=O)N1CCNC1=O. The van der Waals surface area contributed by atoms with Crippen LogP contribution < -0.4 is 10.6 Å². The molecule has 164 valence electrons. The van der Waals surface area contributed by atoms with Gasteiger partial charge < -0.3 is 15.4 Å². The number of ether oxygens (including phenoxy) is 1. The highest BCUT2D eigenvalue weighted by Gasteiger charge is 2.34. The van der Waals surface area contributed by atoms with E-state index in [-0.39, 0.29) is 24.8 Å². The number of nitrogens with zero attached hydrogens (tertiary/aromatic N) is 1. The van der Waals surface area contributed by atoms with Crippen molar-refractivity contribution in [2.24, 2.45) is 5.92 Å². The Morgan fingerprint density at radius 2 is 1.81 bits per heavy atom. The molecular weight excluding hydrogens is 398 g/mol. The van der Waals surface area contributed by atoms with E-state index in [2.05, 4.69) is 10.6 Å². The third-order valence-electron chi connectivity index (χ3n) is 5.23. The van der Waals surface area contributed by atoms with Gasteiger partial charge in [-0.2, -0.15) is 0 Å². The average molecular weight is 425 g/mol. The summed E-state index contributed by atoms with van der Waals surface area (Å²) in [6.07, 6.45) is -1.02. The summed E-state index contributed by atoms with van der Waals surface area (Å²) in [5.41, 5.74) is 0.857. The van der Waals surface area contributed by atoms with Crippen molar-refractivity contribution in [3.05, 3.63) is 48.0 Å². The topological polar surface area (TPSA) is 105 Å². The van der Waals surface area contributed by atoms with Crippen molar-refractivity contribution in [2.75, 3.05) is 13.1 Å². The van der Waals surface area contributed by atoms with Crippen LogP contribution in [0.15, 0.2) is 42.5 Å². The predicted molar refractivity (Wildman–Crippen MR) is 115 cm³/mol. The molecule has 31 heavy (non-hydrogen) atoms. The molecule has 0 aliphatic carbocycles. The third-order valence-corrected chi connectivity index (χ3v) is 5.23. The van der Waals surface area contributed by atoms with Gasteiger partial charge in [0, 0.05) is 13.1 Å². The first-order chi connectivity index (χ1) is 14.8. The molecule has 0 spiro atoms. The van der Waals surface area contributed by atoms with Gasteiger partial charge in [-0.15, -0.1) is 0 Å². The lowest BCUT2D eigenvalue weighted by Crippen LogP contribution is -2.49. The molecule has 0 saturated carbocycles. The van der Waals surface area contributed by atoms with E-state index in [4.69, 9.17) is 4.74 Å². The number of carbonyl (C=O) groups excluding carboxylic acids is 4. The molecule has 1 heterocycles. The minimum Gasteiger partial charge on any atom is -0.451 e. The van der Waals surface area contributed by atoms with Gasteiger partial charge in [0.1, 0.15) is 6.04 Å². The Labute approximate surface area is 180 Å². The summed E-state index contributed by atoms with van der Waals surface area (Å²) < 4.78 is 5.29. The second-order valence-corrected chi connectivity index (χ2v) is 7.91. The van der Waals surface area contributed by atoms with Crippen LogP contribution in [0.2, 0.25) is 0 Å². The summed E-state index contributed by atoms with van der Waals surface area (Å²) in [6, 6.07) is 12.1. The number of hydrogen-bond acceptors (Lipinski definition) is 5. The summed E-state index contributed by atoms with van der Waals surface area (Å²) in [5.74, 6) is -1.86. The van der Waals surface area contributed by atoms with Gasteiger partial charge in [-0.1, -0.05) is 56.3 Å². The molecular formula is C23H27N3O5. The maximum atomic E-state index is 12.7. The van der Waals surface area contributed by atoms with Crippen LogP contribution in [-0.2, 0) is 25.5 Å². The van der Waals surface area contributed by atoms with Gasteiger partial charge in [0.2, 0.25) is 5.91 Å². The van der Waals surface area contributed by atoms with Crippen molar-refractivity contribution in [1.82, 2.24) is 15.5 Å². The largest absolute Gasteiger partial charge is 0.451 e. The standard InChI is InChI=1S/C23H27N3O5/c1-14(2)20(22(29)31-15(3)21(28)26-12-11-24-23(26)30)25-19(27)13-17-9-6-8-16-7-4-5-10-18(16)17/h4-10,14-15,20H,11-13H2,1-3H3,(H,24,30)(H,25,27)/t15-,20-/m0/s1. The van der Waals surface area contributed by atoms with Crippen LogP contribution >= 0.6 is 0 Å². The first kappa shape index (κ1) is 22.3. The van der Waals surface area contributed by atoms with Crippen molar-refractivity contribution in [1.29, 1.82) is 0 Å². The van der Waals surface area contributed by atoms with Crippen LogP contribution in [0.4, 0.5) is 4.79 Å². The van der Waals surface area contributed by atoms with E-state index in [1.54, 1.807) is 13.8 Å². The Kier molecular flexibility index (Phi) is 6.89. The number of carbonyl (C=O) groups is 4. The minimum atomic E-state index is -1.13. The minimum absolute atomic E-state index is 0.111. The molecule has 0 bridgehead atoms. The molecule has 2 aromatic carbocycles. The summed E-state index contributed by atoms with van der Waals surface area (Å²) in [4.78, 5) is 50.4. The zero-order chi connectivity index (χ0) is 22.5. The van der Waals surface area contributed by atoms with Gasteiger partial charge in [0.05, 0.1) is 6.42 Å². The Balaban J connectivity index is 1.64. The fourth-order valence-electron chi connectivity index (χ4n) is 3.54. The second kappa shape index (κ2) is 9.59. The molecule has 2 atom stereocenters. The maximum absolute atomic E-state index is 12.7. The molecule has 1 aliphatic rings. The summed E-state index contributed by atoms with van der Waals surface area (Å²) >= 11 is 0. The van der Waals surface area contributed by atoms with E-state index in [0.29, 0.717) is 6.54 Å². The van der Waals surface area contributed by atoms with Crippen LogP contribution in [0.5, 0.6) is 0 Å². The van der Waals surface area contributed by atoms with Crippen molar-refractivity contribution >= 4 is 34.6 Å². The van der Waals surface area contributed by atoms with Crippen molar-refractivity contribution < 1.29 is 23.9 Å². The van der Waals surface area contributed by atoms with E-state index in [1.807, 2.05) is 42.5 Å². The van der Waals surface area contributed by atoms with E-state index >= 15 is 0 Å². The fourth-order valence-corrected chi connectivity index (χ4v) is 3.54. The normalized spacial score (nSPS) is 15.5. The van der Waals surface area contributed by atoms with Gasteiger partial charge >= 0.3 is 12.0 Å². The van der Waals surface area contributed by atoms with Gasteiger partial charge in [0.25, 0.3) is 5.91 Å². The number of benzene rings is 2. The van der Waals surface area contributed by atoms with Crippen molar-refractivity contribution in [3.8, 4) is 0 Å². The van der Waals surface area contributed by atoms with Crippen LogP contribution in [-0.4, -0.2) is 54.0 Å². The van der Waals surface area contributed by atoms with E-state index in [0.717, 1.165) is 21.2 Å². The number of rotatable bonds is 7. The zero-order valence-electron chi connectivity index (χ0n) is 17.9. The van der Waals surface area contributed by atoms with Crippen LogP contribution in [0.25, 0.3) is 10.8 Å². The summed E-state index contributed by atoms with van der Waals surface area (Å²) in [7, 11) is 0. The predicted octanol–water partition coefficient (Wildman–Crippen LogP) is 2.01. The fraction of sp³-hybridized carbons (Fsp3) is 0.391. The highest BCUT2D eigenvalue weighted by Crippen LogP contribution is 2.19. The number of imide groups is 1. The van der Waals surface area contributed by atoms with Crippen LogP contribution in [0.3, 0.4) is 0 Å². The Hall–Kier alpha value is -3.42. The highest BCUT2D eigenvalue weighted by molar-refractivity contribution is 5.99. The number of urea groups is 1. The second-order valence-electron chi connectivity index (χ2n) is 7.91. The Morgan fingerprint density at radius 1 is 1.10 bits per heavy atom. The smallest absolute Gasteiger partial charge is 0.329 e. The van der Waals surface area contributed by atoms with Crippen molar-refractivity contribution in [3.63, 3.8) is 0 Å². The van der Waals surface area contributed by atoms with Gasteiger partial charge in [0.15, 0.2) is 6.10 Å². The lowest BCUT2D eigenvalue weighted by atomic mass is 10.0. The first-order valence-corrected chi connectivity index (χ1v) is 10.3. The molecule has 2 aromatic rings. The van der Waals surface area contributed by atoms with Gasteiger partial charge in [-0.3, -0.25) is 14.5 Å². The molecule has 0 unspecified atom stereocenters. The summed E-state index contributed by atoms with van der Waals surface area (Å²) in [6.45, 7) is 5.58. The Morgan fingerprint density at radius 3 is 2.48 bits per heavy atom. The maximum Gasteiger partial charge on any atom is 0.329 e. The number of fused-ring (bicyclic) bond motifs is 1. The van der Waals surface area contributed by atoms with Crippen LogP contribution in [0.1, 0.15) is 26.3 Å². The number of esters is 1. The lowest BCUT2D eigenvalue weighted by molar-refractivity contribution is -0.160. The summed E-state index contributed by atoms with van der Waals surface area (Å²) in [5, 5.41) is 7.28. The molecule has 0 radical (unpaired) electrons. The third kappa shape index (κ3) is 5.20. The highest BCUT2D eigenvalue weighted by atomic mass is 16.5. The number of nitrogens with one attached hydrogen (secondary N) is 2.